The molecule has 1 heterocycles. The standard InChI is InChI=1S/C26H33N/c1-24(2)21-12-11-18(13-22(21)25(3,4)26(24,5)6)23-14-19-16-7-9-17(10-8-16)20(19)15-27-23/h11-17H,7-10H2,1-6H3. The van der Waals surface area contributed by atoms with Gasteiger partial charge in [-0.25, -0.2) is 0 Å². The van der Waals surface area contributed by atoms with E-state index in [0.717, 1.165) is 11.8 Å². The lowest BCUT2D eigenvalue weighted by Crippen LogP contribution is -2.42. The summed E-state index contributed by atoms with van der Waals surface area (Å²) in [5.74, 6) is 1.54. The minimum absolute atomic E-state index is 0.148. The average Bonchev–Trinajstić information content (AvgIpc) is 2.77. The molecule has 1 heteroatoms. The van der Waals surface area contributed by atoms with Crippen LogP contribution in [0, 0.1) is 5.41 Å². The molecule has 1 fully saturated rings. The van der Waals surface area contributed by atoms with Gasteiger partial charge in [-0.1, -0.05) is 53.7 Å². The molecule has 6 rings (SSSR count). The first-order chi connectivity index (χ1) is 12.6. The van der Waals surface area contributed by atoms with Gasteiger partial charge in [-0.05, 0) is 88.2 Å². The van der Waals surface area contributed by atoms with Crippen LogP contribution in [0.5, 0.6) is 0 Å². The highest BCUT2D eigenvalue weighted by Gasteiger charge is 2.56. The van der Waals surface area contributed by atoms with Crippen molar-refractivity contribution in [3.63, 3.8) is 0 Å². The SMILES string of the molecule is CC1(C)c2ccc(-c3cc4c(cn3)C3CCC4CC3)cc2C(C)(C)C1(C)C. The van der Waals surface area contributed by atoms with Gasteiger partial charge < -0.3 is 0 Å². The molecule has 0 spiro atoms. The van der Waals surface area contributed by atoms with Crippen LogP contribution in [0.15, 0.2) is 30.5 Å². The lowest BCUT2D eigenvalue weighted by molar-refractivity contribution is 0.125. The summed E-state index contributed by atoms with van der Waals surface area (Å²) >= 11 is 0. The van der Waals surface area contributed by atoms with E-state index in [1.807, 2.05) is 0 Å². The second-order valence-corrected chi connectivity index (χ2v) is 10.9. The molecule has 1 aromatic carbocycles. The molecule has 1 nitrogen and oxygen atoms in total. The van der Waals surface area contributed by atoms with Crippen molar-refractivity contribution in [2.24, 2.45) is 5.41 Å². The lowest BCUT2D eigenvalue weighted by Gasteiger charge is -2.44. The normalized spacial score (nSPS) is 28.7. The molecule has 0 radical (unpaired) electrons. The van der Waals surface area contributed by atoms with Crippen molar-refractivity contribution in [2.45, 2.75) is 89.9 Å². The second kappa shape index (κ2) is 5.25. The van der Waals surface area contributed by atoms with Crippen LogP contribution in [0.1, 0.15) is 101 Å². The molecule has 142 valence electrons. The Morgan fingerprint density at radius 1 is 0.741 bits per heavy atom. The number of pyridine rings is 1. The van der Waals surface area contributed by atoms with Crippen molar-refractivity contribution >= 4 is 0 Å². The van der Waals surface area contributed by atoms with E-state index in [-0.39, 0.29) is 16.2 Å². The monoisotopic (exact) mass is 359 g/mol. The largest absolute Gasteiger partial charge is 0.256 e. The molecular weight excluding hydrogens is 326 g/mol. The van der Waals surface area contributed by atoms with Gasteiger partial charge in [0.05, 0.1) is 5.69 Å². The van der Waals surface area contributed by atoms with Gasteiger partial charge in [0.2, 0.25) is 0 Å². The Hall–Kier alpha value is -1.63. The molecule has 4 aliphatic carbocycles. The van der Waals surface area contributed by atoms with Crippen molar-refractivity contribution in [1.82, 2.24) is 4.98 Å². The fourth-order valence-corrected chi connectivity index (χ4v) is 6.27. The Kier molecular flexibility index (Phi) is 3.39. The third kappa shape index (κ3) is 2.09. The molecule has 2 bridgehead atoms. The number of hydrogen-bond acceptors (Lipinski definition) is 1. The summed E-state index contributed by atoms with van der Waals surface area (Å²) in [5.41, 5.74) is 9.16. The first-order valence-corrected chi connectivity index (χ1v) is 10.8. The molecule has 1 saturated carbocycles. The van der Waals surface area contributed by atoms with Gasteiger partial charge in [0.1, 0.15) is 0 Å². The van der Waals surface area contributed by atoms with E-state index in [0.29, 0.717) is 0 Å². The summed E-state index contributed by atoms with van der Waals surface area (Å²) in [6.07, 6.45) is 7.69. The van der Waals surface area contributed by atoms with Crippen LogP contribution in [0.3, 0.4) is 0 Å². The highest BCUT2D eigenvalue weighted by Crippen LogP contribution is 2.61. The molecular formula is C26H33N. The Balaban J connectivity index is 1.63. The molecule has 0 amide bonds. The minimum atomic E-state index is 0.148. The van der Waals surface area contributed by atoms with Gasteiger partial charge in [0, 0.05) is 11.8 Å². The molecule has 0 N–H and O–H groups in total. The van der Waals surface area contributed by atoms with Gasteiger partial charge >= 0.3 is 0 Å². The van der Waals surface area contributed by atoms with Gasteiger partial charge in [-0.3, -0.25) is 4.98 Å². The van der Waals surface area contributed by atoms with Crippen LogP contribution in [0.4, 0.5) is 0 Å². The number of fused-ring (bicyclic) bond motifs is 3. The number of hydrogen-bond donors (Lipinski definition) is 0. The van der Waals surface area contributed by atoms with Crippen LogP contribution < -0.4 is 0 Å². The summed E-state index contributed by atoms with van der Waals surface area (Å²) in [5, 5.41) is 0. The second-order valence-electron chi connectivity index (χ2n) is 10.9. The maximum atomic E-state index is 4.93. The van der Waals surface area contributed by atoms with Crippen LogP contribution in [-0.4, -0.2) is 4.98 Å². The van der Waals surface area contributed by atoms with Crippen LogP contribution in [0.25, 0.3) is 11.3 Å². The van der Waals surface area contributed by atoms with E-state index < -0.39 is 0 Å². The molecule has 0 unspecified atom stereocenters. The highest BCUT2D eigenvalue weighted by molar-refractivity contribution is 5.66. The number of rotatable bonds is 1. The van der Waals surface area contributed by atoms with Crippen LogP contribution in [-0.2, 0) is 10.8 Å². The topological polar surface area (TPSA) is 12.9 Å². The summed E-state index contributed by atoms with van der Waals surface area (Å²) in [7, 11) is 0. The highest BCUT2D eigenvalue weighted by atomic mass is 14.7. The zero-order valence-corrected chi connectivity index (χ0v) is 17.8. The van der Waals surface area contributed by atoms with Gasteiger partial charge in [-0.15, -0.1) is 0 Å². The van der Waals surface area contributed by atoms with Gasteiger partial charge in [-0.2, -0.15) is 0 Å². The van der Waals surface area contributed by atoms with E-state index in [4.69, 9.17) is 4.98 Å². The van der Waals surface area contributed by atoms with E-state index in [9.17, 15) is 0 Å². The Morgan fingerprint density at radius 3 is 2.00 bits per heavy atom. The van der Waals surface area contributed by atoms with E-state index >= 15 is 0 Å². The summed E-state index contributed by atoms with van der Waals surface area (Å²) in [6.45, 7) is 14.5. The van der Waals surface area contributed by atoms with Gasteiger partial charge in [0.15, 0.2) is 0 Å². The Morgan fingerprint density at radius 2 is 1.33 bits per heavy atom. The summed E-state index contributed by atoms with van der Waals surface area (Å²) in [4.78, 5) is 4.93. The molecule has 0 saturated heterocycles. The number of aromatic nitrogens is 1. The third-order valence-electron chi connectivity index (χ3n) is 9.36. The fraction of sp³-hybridized carbons (Fsp3) is 0.577. The molecule has 0 atom stereocenters. The fourth-order valence-electron chi connectivity index (χ4n) is 6.27. The molecule has 0 aliphatic heterocycles. The average molecular weight is 360 g/mol. The maximum Gasteiger partial charge on any atom is 0.0705 e. The van der Waals surface area contributed by atoms with Gasteiger partial charge in [0.25, 0.3) is 0 Å². The van der Waals surface area contributed by atoms with Crippen LogP contribution in [0.2, 0.25) is 0 Å². The van der Waals surface area contributed by atoms with Crippen molar-refractivity contribution in [1.29, 1.82) is 0 Å². The lowest BCUT2D eigenvalue weighted by atomic mass is 9.59. The summed E-state index contributed by atoms with van der Waals surface area (Å²) in [6, 6.07) is 9.56. The predicted molar refractivity (Wildman–Crippen MR) is 113 cm³/mol. The molecule has 27 heavy (non-hydrogen) atoms. The zero-order chi connectivity index (χ0) is 19.2. The molecule has 1 aromatic heterocycles. The van der Waals surface area contributed by atoms with Crippen molar-refractivity contribution in [3.8, 4) is 11.3 Å². The number of benzene rings is 1. The smallest absolute Gasteiger partial charge is 0.0705 e. The van der Waals surface area contributed by atoms with Crippen molar-refractivity contribution in [3.05, 3.63) is 52.7 Å². The minimum Gasteiger partial charge on any atom is -0.256 e. The van der Waals surface area contributed by atoms with Crippen molar-refractivity contribution < 1.29 is 0 Å². The molecule has 4 aliphatic rings. The summed E-state index contributed by atoms with van der Waals surface area (Å²) < 4.78 is 0. The molecule has 2 aromatic rings. The van der Waals surface area contributed by atoms with E-state index in [2.05, 4.69) is 72.0 Å². The van der Waals surface area contributed by atoms with Crippen LogP contribution >= 0.6 is 0 Å². The Bertz CT molecular complexity index is 923. The van der Waals surface area contributed by atoms with E-state index in [1.54, 1.807) is 11.1 Å². The first-order valence-electron chi connectivity index (χ1n) is 10.8. The Labute approximate surface area is 164 Å². The first kappa shape index (κ1) is 17.5. The predicted octanol–water partition coefficient (Wildman–Crippen LogP) is 7.10. The van der Waals surface area contributed by atoms with E-state index in [1.165, 1.54) is 48.1 Å². The number of nitrogens with zero attached hydrogens (tertiary/aromatic N) is 1. The third-order valence-corrected chi connectivity index (χ3v) is 9.36. The maximum absolute atomic E-state index is 4.93. The zero-order valence-electron chi connectivity index (χ0n) is 17.8. The van der Waals surface area contributed by atoms with Crippen molar-refractivity contribution in [2.75, 3.05) is 0 Å². The quantitative estimate of drug-likeness (QED) is 0.529.